The minimum Gasteiger partial charge on any atom is -0.394 e. The summed E-state index contributed by atoms with van der Waals surface area (Å²) in [6, 6.07) is 5.50. The highest BCUT2D eigenvalue weighted by atomic mass is 35.5. The molecule has 0 unspecified atom stereocenters. The SMILES string of the molecule is O=S(=O)(N[C@H]1CC[C@H](CCn2cc(C3CC3)nn2)O[C@@H]1CO)c1ccc(Cl)cc1. The van der Waals surface area contributed by atoms with E-state index in [9.17, 15) is 13.5 Å². The molecule has 0 radical (unpaired) electrons. The Morgan fingerprint density at radius 2 is 1.97 bits per heavy atom. The number of aliphatic hydroxyl groups is 1. The zero-order valence-corrected chi connectivity index (χ0v) is 17.5. The van der Waals surface area contributed by atoms with E-state index in [4.69, 9.17) is 16.3 Å². The largest absolute Gasteiger partial charge is 0.394 e. The first-order valence-electron chi connectivity index (χ1n) is 9.89. The molecular weight excluding hydrogens is 416 g/mol. The number of ether oxygens (including phenoxy) is 1. The fourth-order valence-corrected chi connectivity index (χ4v) is 5.05. The number of nitrogens with one attached hydrogen (secondary N) is 1. The number of rotatable bonds is 8. The minimum atomic E-state index is -3.71. The Morgan fingerprint density at radius 1 is 1.21 bits per heavy atom. The molecule has 1 aliphatic carbocycles. The van der Waals surface area contributed by atoms with Crippen LogP contribution in [-0.2, 0) is 21.3 Å². The van der Waals surface area contributed by atoms with Crippen LogP contribution in [0.15, 0.2) is 35.4 Å². The van der Waals surface area contributed by atoms with E-state index in [1.807, 2.05) is 10.9 Å². The van der Waals surface area contributed by atoms with E-state index in [0.29, 0.717) is 30.3 Å². The highest BCUT2D eigenvalue weighted by Gasteiger charge is 2.34. The average Bonchev–Trinajstić information content (AvgIpc) is 3.45. The van der Waals surface area contributed by atoms with E-state index in [-0.39, 0.29) is 17.6 Å². The van der Waals surface area contributed by atoms with Crippen LogP contribution >= 0.6 is 11.6 Å². The van der Waals surface area contributed by atoms with Crippen molar-refractivity contribution in [1.29, 1.82) is 0 Å². The predicted molar refractivity (Wildman–Crippen MR) is 107 cm³/mol. The van der Waals surface area contributed by atoms with Gasteiger partial charge in [-0.15, -0.1) is 5.10 Å². The summed E-state index contributed by atoms with van der Waals surface area (Å²) >= 11 is 5.83. The van der Waals surface area contributed by atoms with Crippen LogP contribution in [-0.4, -0.2) is 53.4 Å². The molecule has 2 aromatic rings. The lowest BCUT2D eigenvalue weighted by Crippen LogP contribution is -2.50. The molecule has 1 aromatic carbocycles. The zero-order chi connectivity index (χ0) is 20.4. The molecule has 158 valence electrons. The number of aryl methyl sites for hydroxylation is 1. The maximum absolute atomic E-state index is 12.6. The van der Waals surface area contributed by atoms with Gasteiger partial charge >= 0.3 is 0 Å². The van der Waals surface area contributed by atoms with Crippen LogP contribution in [0.2, 0.25) is 5.02 Å². The van der Waals surface area contributed by atoms with Gasteiger partial charge in [-0.25, -0.2) is 13.1 Å². The van der Waals surface area contributed by atoms with Gasteiger partial charge in [0.15, 0.2) is 0 Å². The average molecular weight is 441 g/mol. The molecule has 2 aliphatic rings. The summed E-state index contributed by atoms with van der Waals surface area (Å²) in [4.78, 5) is 0.137. The smallest absolute Gasteiger partial charge is 0.240 e. The summed E-state index contributed by atoms with van der Waals surface area (Å²) in [5.41, 5.74) is 1.06. The quantitative estimate of drug-likeness (QED) is 0.651. The van der Waals surface area contributed by atoms with Crippen LogP contribution in [0.5, 0.6) is 0 Å². The molecule has 2 N–H and O–H groups in total. The molecule has 2 heterocycles. The van der Waals surface area contributed by atoms with Gasteiger partial charge in [0, 0.05) is 23.7 Å². The Kier molecular flexibility index (Phi) is 6.21. The summed E-state index contributed by atoms with van der Waals surface area (Å²) in [5.74, 6) is 0.572. The van der Waals surface area contributed by atoms with Gasteiger partial charge in [-0.05, 0) is 56.4 Å². The summed E-state index contributed by atoms with van der Waals surface area (Å²) < 4.78 is 35.7. The fourth-order valence-electron chi connectivity index (χ4n) is 3.63. The standard InChI is InChI=1S/C19H25ClN4O4S/c20-14-3-6-16(7-4-14)29(26,27)22-17-8-5-15(28-19(17)12-25)9-10-24-11-18(21-23-24)13-1-2-13/h3-4,6-7,11,13,15,17,19,22,25H,1-2,5,8-10,12H2/t15-,17+,19-/m1/s1. The summed E-state index contributed by atoms with van der Waals surface area (Å²) in [5, 5.41) is 18.6. The van der Waals surface area contributed by atoms with Gasteiger partial charge in [-0.3, -0.25) is 4.68 Å². The Labute approximate surface area is 175 Å². The van der Waals surface area contributed by atoms with Gasteiger partial charge < -0.3 is 9.84 Å². The van der Waals surface area contributed by atoms with Crippen molar-refractivity contribution in [2.24, 2.45) is 0 Å². The molecule has 4 rings (SSSR count). The predicted octanol–water partition coefficient (Wildman–Crippen LogP) is 2.09. The second-order valence-electron chi connectivity index (χ2n) is 7.71. The maximum atomic E-state index is 12.6. The lowest BCUT2D eigenvalue weighted by Gasteiger charge is -2.36. The van der Waals surface area contributed by atoms with E-state index < -0.39 is 22.2 Å². The third-order valence-electron chi connectivity index (χ3n) is 5.46. The molecule has 29 heavy (non-hydrogen) atoms. The van der Waals surface area contributed by atoms with Crippen LogP contribution < -0.4 is 4.72 Å². The zero-order valence-electron chi connectivity index (χ0n) is 15.9. The lowest BCUT2D eigenvalue weighted by atomic mass is 9.98. The van der Waals surface area contributed by atoms with Crippen LogP contribution in [0.1, 0.15) is 43.7 Å². The van der Waals surface area contributed by atoms with Crippen LogP contribution in [0.3, 0.4) is 0 Å². The molecule has 1 saturated heterocycles. The van der Waals surface area contributed by atoms with Gasteiger partial charge in [-0.1, -0.05) is 16.8 Å². The highest BCUT2D eigenvalue weighted by Crippen LogP contribution is 2.38. The van der Waals surface area contributed by atoms with Crippen molar-refractivity contribution in [2.75, 3.05) is 6.61 Å². The van der Waals surface area contributed by atoms with E-state index in [1.54, 1.807) is 0 Å². The molecular formula is C19H25ClN4O4S. The number of halogens is 1. The Hall–Kier alpha value is -1.52. The first-order valence-corrected chi connectivity index (χ1v) is 11.7. The van der Waals surface area contributed by atoms with Crippen molar-refractivity contribution in [1.82, 2.24) is 19.7 Å². The van der Waals surface area contributed by atoms with Gasteiger partial charge in [0.2, 0.25) is 10.0 Å². The van der Waals surface area contributed by atoms with Crippen molar-refractivity contribution in [2.45, 2.75) is 67.7 Å². The second-order valence-corrected chi connectivity index (χ2v) is 9.86. The Bertz CT molecular complexity index is 930. The first kappa shape index (κ1) is 20.7. The van der Waals surface area contributed by atoms with Crippen LogP contribution in [0, 0.1) is 0 Å². The number of sulfonamides is 1. The van der Waals surface area contributed by atoms with Crippen molar-refractivity contribution < 1.29 is 18.3 Å². The monoisotopic (exact) mass is 440 g/mol. The van der Waals surface area contributed by atoms with Crippen molar-refractivity contribution in [3.63, 3.8) is 0 Å². The number of hydrogen-bond acceptors (Lipinski definition) is 6. The molecule has 0 bridgehead atoms. The van der Waals surface area contributed by atoms with Crippen molar-refractivity contribution in [3.8, 4) is 0 Å². The fraction of sp³-hybridized carbons (Fsp3) is 0.579. The molecule has 8 nitrogen and oxygen atoms in total. The number of aromatic nitrogens is 3. The summed E-state index contributed by atoms with van der Waals surface area (Å²) in [6.07, 6.45) is 5.76. The molecule has 1 saturated carbocycles. The van der Waals surface area contributed by atoms with Gasteiger partial charge in [0.05, 0.1) is 35.4 Å². The topological polar surface area (TPSA) is 106 Å². The lowest BCUT2D eigenvalue weighted by molar-refractivity contribution is -0.0891. The van der Waals surface area contributed by atoms with Crippen LogP contribution in [0.4, 0.5) is 0 Å². The number of hydrogen-bond donors (Lipinski definition) is 2. The number of nitrogens with zero attached hydrogens (tertiary/aromatic N) is 3. The van der Waals surface area contributed by atoms with Crippen molar-refractivity contribution >= 4 is 21.6 Å². The number of benzene rings is 1. The molecule has 2 fully saturated rings. The van der Waals surface area contributed by atoms with E-state index >= 15 is 0 Å². The molecule has 10 heteroatoms. The molecule has 0 spiro atoms. The van der Waals surface area contributed by atoms with Gasteiger partial charge in [0.25, 0.3) is 0 Å². The third-order valence-corrected chi connectivity index (χ3v) is 7.22. The Balaban J connectivity index is 1.32. The van der Waals surface area contributed by atoms with Gasteiger partial charge in [0.1, 0.15) is 0 Å². The summed E-state index contributed by atoms with van der Waals surface area (Å²) in [6.45, 7) is 0.434. The Morgan fingerprint density at radius 3 is 2.66 bits per heavy atom. The van der Waals surface area contributed by atoms with E-state index in [0.717, 1.165) is 12.1 Å². The van der Waals surface area contributed by atoms with E-state index in [1.165, 1.54) is 37.1 Å². The number of aliphatic hydroxyl groups excluding tert-OH is 1. The second kappa shape index (κ2) is 8.69. The normalized spacial score (nSPS) is 25.2. The molecule has 3 atom stereocenters. The minimum absolute atomic E-state index is 0.0583. The van der Waals surface area contributed by atoms with Crippen molar-refractivity contribution in [3.05, 3.63) is 41.2 Å². The first-order chi connectivity index (χ1) is 13.9. The molecule has 1 aromatic heterocycles. The third kappa shape index (κ3) is 5.16. The molecule has 0 amide bonds. The molecule has 1 aliphatic heterocycles. The summed E-state index contributed by atoms with van der Waals surface area (Å²) in [7, 11) is -3.71. The van der Waals surface area contributed by atoms with Crippen LogP contribution in [0.25, 0.3) is 0 Å². The van der Waals surface area contributed by atoms with Gasteiger partial charge in [-0.2, -0.15) is 0 Å². The highest BCUT2D eigenvalue weighted by molar-refractivity contribution is 7.89. The van der Waals surface area contributed by atoms with E-state index in [2.05, 4.69) is 15.0 Å². The maximum Gasteiger partial charge on any atom is 0.240 e.